The maximum absolute atomic E-state index is 0. The van der Waals surface area contributed by atoms with Gasteiger partial charge in [-0.15, -0.1) is 0 Å². The summed E-state index contributed by atoms with van der Waals surface area (Å²) in [6, 6.07) is 0. The average molecular weight is 247 g/mol. The van der Waals surface area contributed by atoms with Crippen molar-refractivity contribution >= 4 is 59.8 Å². The molecule has 0 aliphatic carbocycles. The van der Waals surface area contributed by atoms with Crippen LogP contribution < -0.4 is 0 Å². The molecule has 0 saturated heterocycles. The molecule has 24 valence electrons. The summed E-state index contributed by atoms with van der Waals surface area (Å²) in [5.74, 6) is 0. The van der Waals surface area contributed by atoms with E-state index in [2.05, 4.69) is 0 Å². The first kappa shape index (κ1) is 52.2. The third-order valence-electron chi connectivity index (χ3n) is 0. The van der Waals surface area contributed by atoms with Gasteiger partial charge in [-0.25, -0.2) is 0 Å². The molecule has 0 spiro atoms. The molecule has 0 saturated carbocycles. The summed E-state index contributed by atoms with van der Waals surface area (Å²) in [6.45, 7) is 0. The molecular formula is H2BaO2SiTi. The normalized spacial score (nSPS) is 0. The van der Waals surface area contributed by atoms with E-state index in [4.69, 9.17) is 0 Å². The molecule has 5 heteroatoms. The molecule has 0 rings (SSSR count). The maximum atomic E-state index is 0. The molecule has 0 aliphatic rings. The van der Waals surface area contributed by atoms with Crippen LogP contribution in [0.15, 0.2) is 0 Å². The van der Waals surface area contributed by atoms with Gasteiger partial charge in [-0.3, -0.25) is 0 Å². The van der Waals surface area contributed by atoms with Gasteiger partial charge in [0.05, 0.1) is 0 Å². The zero-order valence-corrected chi connectivity index (χ0v) is 4.38. The minimum absolute atomic E-state index is 0. The number of hydrogen-bond donors (Lipinski definition) is 0. The van der Waals surface area contributed by atoms with Gasteiger partial charge < -0.3 is 11.0 Å². The molecule has 0 aromatic rings. The van der Waals surface area contributed by atoms with Gasteiger partial charge in [-0.05, 0) is 0 Å². The Morgan fingerprint density at radius 1 is 0.800 bits per heavy atom. The third kappa shape index (κ3) is 21.4. The van der Waals surface area contributed by atoms with Crippen molar-refractivity contribution in [3.8, 4) is 0 Å². The number of rotatable bonds is 0. The Kier molecular flexibility index (Phi) is 336. The molecular weight excluding hydrogens is 245 g/mol. The first-order valence-electron chi connectivity index (χ1n) is 0. The standard InChI is InChI=1S/Ba.2O.Si.Ti.2H/q;2*-2;;+4;;. The summed E-state index contributed by atoms with van der Waals surface area (Å²) in [5, 5.41) is 0. The van der Waals surface area contributed by atoms with E-state index in [1.165, 1.54) is 0 Å². The fraction of sp³-hybridized carbons (Fsp3) is 0. The van der Waals surface area contributed by atoms with Crippen LogP contribution in [0.25, 0.3) is 0 Å². The average Bonchev–Trinajstić information content (AvgIpc) is 0. The molecule has 2 nitrogen and oxygen atoms in total. The predicted octanol–water partition coefficient (Wildman–Crippen LogP) is -1.54. The van der Waals surface area contributed by atoms with Gasteiger partial charge in [-0.2, -0.15) is 0 Å². The maximum Gasteiger partial charge on any atom is 4.00 e. The van der Waals surface area contributed by atoms with Crippen molar-refractivity contribution in [3.05, 3.63) is 0 Å². The summed E-state index contributed by atoms with van der Waals surface area (Å²) >= 11 is 0. The first-order chi connectivity index (χ1) is 0. The van der Waals surface area contributed by atoms with Crippen molar-refractivity contribution in [2.45, 2.75) is 0 Å². The largest absolute Gasteiger partial charge is 4.00 e. The van der Waals surface area contributed by atoms with E-state index in [-0.39, 0.29) is 92.5 Å². The van der Waals surface area contributed by atoms with Crippen molar-refractivity contribution in [1.82, 2.24) is 0 Å². The molecule has 0 N–H and O–H groups in total. The fourth-order valence-electron chi connectivity index (χ4n) is 0. The van der Waals surface area contributed by atoms with Crippen molar-refractivity contribution < 1.29 is 32.7 Å². The van der Waals surface area contributed by atoms with E-state index in [9.17, 15) is 0 Å². The van der Waals surface area contributed by atoms with Crippen LogP contribution in [0.3, 0.4) is 0 Å². The van der Waals surface area contributed by atoms with Gasteiger partial charge in [0.1, 0.15) is 0 Å². The van der Waals surface area contributed by atoms with Gasteiger partial charge in [0.25, 0.3) is 0 Å². The van der Waals surface area contributed by atoms with Crippen molar-refractivity contribution in [2.24, 2.45) is 0 Å². The molecule has 0 aromatic heterocycles. The third-order valence-corrected chi connectivity index (χ3v) is 0. The Hall–Kier alpha value is 2.42. The molecule has 0 aliphatic heterocycles. The van der Waals surface area contributed by atoms with E-state index in [0.717, 1.165) is 0 Å². The van der Waals surface area contributed by atoms with Crippen LogP contribution in [0, 0.1) is 0 Å². The van der Waals surface area contributed by atoms with Crippen LogP contribution in [0.5, 0.6) is 0 Å². The Bertz CT molecular complexity index is 9.61. The van der Waals surface area contributed by atoms with Crippen LogP contribution in [-0.2, 0) is 32.7 Å². The predicted molar refractivity (Wildman–Crippen MR) is 15.7 cm³/mol. The van der Waals surface area contributed by atoms with Crippen molar-refractivity contribution in [2.75, 3.05) is 0 Å². The monoisotopic (exact) mass is 248 g/mol. The van der Waals surface area contributed by atoms with Gasteiger partial charge in [0.15, 0.2) is 0 Å². The van der Waals surface area contributed by atoms with E-state index in [1.54, 1.807) is 0 Å². The van der Waals surface area contributed by atoms with E-state index in [0.29, 0.717) is 0 Å². The zero-order valence-electron chi connectivity index (χ0n) is 1.82. The van der Waals surface area contributed by atoms with Crippen LogP contribution in [0.2, 0.25) is 0 Å². The summed E-state index contributed by atoms with van der Waals surface area (Å²) in [7, 11) is 0. The van der Waals surface area contributed by atoms with Gasteiger partial charge in [0.2, 0.25) is 0 Å². The first-order valence-corrected chi connectivity index (χ1v) is 0. The molecule has 0 heterocycles. The van der Waals surface area contributed by atoms with Crippen LogP contribution in [0.1, 0.15) is 0 Å². The number of hydrogen-bond acceptors (Lipinski definition) is 0. The molecule has 5 heavy (non-hydrogen) atoms. The molecule has 0 bridgehead atoms. The van der Waals surface area contributed by atoms with Crippen LogP contribution in [0.4, 0.5) is 0 Å². The fourth-order valence-corrected chi connectivity index (χ4v) is 0. The smallest absolute Gasteiger partial charge is 2.00 e. The van der Waals surface area contributed by atoms with E-state index in [1.807, 2.05) is 0 Å². The topological polar surface area (TPSA) is 57.0 Å². The molecule has 0 atom stereocenters. The Morgan fingerprint density at radius 2 is 0.800 bits per heavy atom. The van der Waals surface area contributed by atoms with Crippen molar-refractivity contribution in [1.29, 1.82) is 0 Å². The summed E-state index contributed by atoms with van der Waals surface area (Å²) in [5.41, 5.74) is 0. The van der Waals surface area contributed by atoms with Crippen molar-refractivity contribution in [3.63, 3.8) is 0 Å². The second-order valence-corrected chi connectivity index (χ2v) is 0. The minimum Gasteiger partial charge on any atom is -2.00 e. The molecule has 0 fully saturated rings. The Balaban J connectivity index is 0. The molecule has 0 unspecified atom stereocenters. The minimum atomic E-state index is 0. The second kappa shape index (κ2) is 32.2. The van der Waals surface area contributed by atoms with E-state index >= 15 is 0 Å². The molecule has 0 aromatic carbocycles. The van der Waals surface area contributed by atoms with Crippen LogP contribution in [-0.4, -0.2) is 59.8 Å². The second-order valence-electron chi connectivity index (χ2n) is 0. The van der Waals surface area contributed by atoms with Crippen LogP contribution >= 0.6 is 0 Å². The summed E-state index contributed by atoms with van der Waals surface area (Å²) in [6.07, 6.45) is 0. The summed E-state index contributed by atoms with van der Waals surface area (Å²) < 4.78 is 0. The zero-order chi connectivity index (χ0) is 0. The van der Waals surface area contributed by atoms with Gasteiger partial charge in [-0.1, -0.05) is 0 Å². The summed E-state index contributed by atoms with van der Waals surface area (Å²) in [4.78, 5) is 0. The van der Waals surface area contributed by atoms with Gasteiger partial charge >= 0.3 is 70.6 Å². The SMILES string of the molecule is [BaH2].[O-2].[O-2].[Si].[Ti+4]. The quantitative estimate of drug-likeness (QED) is 0.466. The molecule has 0 amide bonds. The van der Waals surface area contributed by atoms with Gasteiger partial charge in [0, 0.05) is 11.0 Å². The van der Waals surface area contributed by atoms with E-state index < -0.39 is 0 Å². The Labute approximate surface area is 90.7 Å². The molecule has 4 radical (unpaired) electrons. The Morgan fingerprint density at radius 3 is 0.800 bits per heavy atom.